The zero-order valence-corrected chi connectivity index (χ0v) is 27.6. The summed E-state index contributed by atoms with van der Waals surface area (Å²) in [4.78, 5) is 42.7. The Morgan fingerprint density at radius 3 is 1.90 bits per heavy atom. The van der Waals surface area contributed by atoms with E-state index in [4.69, 9.17) is 0 Å². The first kappa shape index (κ1) is 38.9. The smallest absolute Gasteiger partial charge is 0.431 e. The van der Waals surface area contributed by atoms with Crippen molar-refractivity contribution in [3.05, 3.63) is 121 Å². The molecule has 0 bridgehead atoms. The third-order valence-corrected chi connectivity index (χ3v) is 9.32. The number of esters is 1. The van der Waals surface area contributed by atoms with Crippen LogP contribution in [0.5, 0.6) is 0 Å². The van der Waals surface area contributed by atoms with Gasteiger partial charge in [0.1, 0.15) is 0 Å². The van der Waals surface area contributed by atoms with Crippen molar-refractivity contribution in [1.29, 1.82) is 0 Å². The van der Waals surface area contributed by atoms with Gasteiger partial charge < -0.3 is 19.5 Å². The van der Waals surface area contributed by atoms with Gasteiger partial charge in [0.2, 0.25) is 0 Å². The molecule has 1 unspecified atom stereocenters. The first-order chi connectivity index (χ1) is 24.2. The van der Waals surface area contributed by atoms with Crippen molar-refractivity contribution in [3.8, 4) is 0 Å². The monoisotopic (exact) mass is 774 g/mol. The number of anilines is 2. The highest BCUT2D eigenvalue weighted by Crippen LogP contribution is 2.31. The zero-order chi connectivity index (χ0) is 38.5. The van der Waals surface area contributed by atoms with E-state index in [0.717, 1.165) is 24.3 Å². The lowest BCUT2D eigenvalue weighted by atomic mass is 10.0. The Labute approximate surface area is 290 Å². The van der Waals surface area contributed by atoms with Crippen LogP contribution < -0.4 is 9.19 Å². The van der Waals surface area contributed by atoms with Crippen molar-refractivity contribution in [2.75, 3.05) is 14.9 Å². The summed E-state index contributed by atoms with van der Waals surface area (Å²) in [5, 5.41) is 0. The van der Waals surface area contributed by atoms with Gasteiger partial charge in [-0.25, -0.2) is 36.4 Å². The molecule has 1 atom stereocenters. The zero-order valence-electron chi connectivity index (χ0n) is 26.0. The first-order valence-corrected chi connectivity index (χ1v) is 17.2. The predicted octanol–water partition coefficient (Wildman–Crippen LogP) is 4.84. The van der Waals surface area contributed by atoms with Crippen LogP contribution in [0.15, 0.2) is 98.9 Å². The Morgan fingerprint density at radius 2 is 1.38 bits per heavy atom. The second kappa shape index (κ2) is 15.1. The van der Waals surface area contributed by atoms with Gasteiger partial charge in [0.25, 0.3) is 20.0 Å². The highest BCUT2D eigenvalue weighted by molar-refractivity contribution is 7.93. The number of halogens is 6. The van der Waals surface area contributed by atoms with E-state index < -0.39 is 71.4 Å². The summed E-state index contributed by atoms with van der Waals surface area (Å²) in [5.41, 5.74) is -3.47. The number of imidazole rings is 2. The maximum Gasteiger partial charge on any atom is 0.442 e. The third kappa shape index (κ3) is 10.1. The van der Waals surface area contributed by atoms with E-state index in [9.17, 15) is 52.8 Å². The number of H-pyrrole nitrogens is 2. The van der Waals surface area contributed by atoms with E-state index in [1.165, 1.54) is 49.3 Å². The van der Waals surface area contributed by atoms with Crippen molar-refractivity contribution in [3.63, 3.8) is 0 Å². The number of aromatic nitrogens is 4. The molecular formula is C30H24F6N6O8S2. The SMILES string of the molecule is C=C(c1cccc(NS(=O)(=O)C(OC(=O)/C=C\C(=O)ON(c2cccc(C(=C)c3c[nH]cn3)c2)S(=O)(=O)CC(F)(F)F)C(F)(F)F)c1)c1c[nH]cn1. The van der Waals surface area contributed by atoms with E-state index in [0.29, 0.717) is 5.69 Å². The van der Waals surface area contributed by atoms with E-state index in [1.54, 1.807) is 4.72 Å². The maximum absolute atomic E-state index is 13.9. The molecule has 4 aromatic rings. The molecule has 52 heavy (non-hydrogen) atoms. The van der Waals surface area contributed by atoms with E-state index in [-0.39, 0.29) is 40.1 Å². The number of carbonyl (C=O) groups is 2. The average Bonchev–Trinajstić information content (AvgIpc) is 3.78. The number of ether oxygens (including phenoxy) is 1. The van der Waals surface area contributed by atoms with Crippen LogP contribution in [0.4, 0.5) is 37.7 Å². The van der Waals surface area contributed by atoms with E-state index in [2.05, 4.69) is 42.7 Å². The molecule has 0 aliphatic carbocycles. The van der Waals surface area contributed by atoms with Crippen LogP contribution in [0.1, 0.15) is 22.5 Å². The van der Waals surface area contributed by atoms with E-state index >= 15 is 0 Å². The van der Waals surface area contributed by atoms with Gasteiger partial charge in [-0.15, -0.1) is 0 Å². The molecule has 0 aliphatic rings. The number of rotatable bonds is 14. The van der Waals surface area contributed by atoms with Crippen molar-refractivity contribution < 1.29 is 62.3 Å². The van der Waals surface area contributed by atoms with Crippen LogP contribution in [-0.2, 0) is 39.2 Å². The summed E-state index contributed by atoms with van der Waals surface area (Å²) < 4.78 is 137. The molecule has 0 aliphatic heterocycles. The summed E-state index contributed by atoms with van der Waals surface area (Å²) in [6, 6.07) is 9.44. The predicted molar refractivity (Wildman–Crippen MR) is 172 cm³/mol. The van der Waals surface area contributed by atoms with E-state index in [1.807, 2.05) is 0 Å². The number of hydrogen-bond donors (Lipinski definition) is 3. The molecule has 0 saturated heterocycles. The minimum atomic E-state index is -5.74. The summed E-state index contributed by atoms with van der Waals surface area (Å²) in [5.74, 6) is -6.51. The quantitative estimate of drug-likeness (QED) is 0.0691. The second-order valence-electron chi connectivity index (χ2n) is 10.3. The van der Waals surface area contributed by atoms with Crippen LogP contribution in [0.3, 0.4) is 0 Å². The van der Waals surface area contributed by atoms with Gasteiger partial charge in [0.15, 0.2) is 5.75 Å². The minimum Gasteiger partial charge on any atom is -0.431 e. The van der Waals surface area contributed by atoms with Gasteiger partial charge in [-0.05, 0) is 35.4 Å². The van der Waals surface area contributed by atoms with Gasteiger partial charge in [0, 0.05) is 41.4 Å². The topological polar surface area (TPSA) is 194 Å². The molecule has 2 aromatic heterocycles. The third-order valence-electron chi connectivity index (χ3n) is 6.39. The molecule has 276 valence electrons. The van der Waals surface area contributed by atoms with Gasteiger partial charge in [-0.2, -0.15) is 26.3 Å². The number of hydrogen-bond acceptors (Lipinski definition) is 10. The number of nitrogens with one attached hydrogen (secondary N) is 3. The van der Waals surface area contributed by atoms with Crippen LogP contribution in [0.2, 0.25) is 0 Å². The Balaban J connectivity index is 1.53. The Bertz CT molecular complexity index is 2200. The maximum atomic E-state index is 13.9. The molecule has 0 amide bonds. The Morgan fingerprint density at radius 1 is 0.846 bits per heavy atom. The molecule has 0 saturated carbocycles. The van der Waals surface area contributed by atoms with Crippen LogP contribution >= 0.6 is 0 Å². The van der Waals surface area contributed by atoms with Crippen LogP contribution in [0, 0.1) is 0 Å². The molecule has 0 fully saturated rings. The van der Waals surface area contributed by atoms with Gasteiger partial charge in [-0.1, -0.05) is 41.9 Å². The fraction of sp³-hybridized carbons (Fsp3) is 0.133. The number of sulfonamides is 2. The number of nitrogens with zero attached hydrogens (tertiary/aromatic N) is 3. The summed E-state index contributed by atoms with van der Waals surface area (Å²) in [7, 11) is -11.2. The molecule has 14 nitrogen and oxygen atoms in total. The molecule has 0 radical (unpaired) electrons. The Hall–Kier alpha value is -5.90. The fourth-order valence-corrected chi connectivity index (χ4v) is 6.46. The highest BCUT2D eigenvalue weighted by Gasteiger charge is 2.52. The standard InChI is InChI=1S/C30H24F6N6O8S2/c1-18(24-13-37-16-39-24)20-5-3-7-22(11-20)41-52(47,48)28(30(34,35)36)49-26(43)9-10-27(44)50-42(51(45,46)15-29(31,32)33)23-8-4-6-21(12-23)19(2)25-14-38-17-40-25/h3-14,16-17,28,41H,1-2,15H2,(H,37,39)(H,38,40)/b10-9-. The fourth-order valence-electron chi connectivity index (χ4n) is 4.18. The number of alkyl halides is 6. The van der Waals surface area contributed by atoms with Crippen molar-refractivity contribution in [2.45, 2.75) is 17.8 Å². The summed E-state index contributed by atoms with van der Waals surface area (Å²) in [6.07, 6.45) is -5.65. The van der Waals surface area contributed by atoms with Crippen LogP contribution in [-0.4, -0.2) is 72.3 Å². The molecule has 0 spiro atoms. The summed E-state index contributed by atoms with van der Waals surface area (Å²) in [6.45, 7) is 7.56. The normalized spacial score (nSPS) is 13.0. The van der Waals surface area contributed by atoms with Crippen molar-refractivity contribution in [1.82, 2.24) is 19.9 Å². The molecule has 2 heterocycles. The molecule has 3 N–H and O–H groups in total. The van der Waals surface area contributed by atoms with Gasteiger partial charge in [-0.3, -0.25) is 4.72 Å². The lowest BCUT2D eigenvalue weighted by Crippen LogP contribution is -2.43. The largest absolute Gasteiger partial charge is 0.442 e. The molecular weight excluding hydrogens is 750 g/mol. The van der Waals surface area contributed by atoms with Crippen molar-refractivity contribution in [2.24, 2.45) is 0 Å². The summed E-state index contributed by atoms with van der Waals surface area (Å²) >= 11 is 0. The Kier molecular flexibility index (Phi) is 11.3. The highest BCUT2D eigenvalue weighted by atomic mass is 32.2. The first-order valence-electron chi connectivity index (χ1n) is 14.0. The average molecular weight is 775 g/mol. The second-order valence-corrected chi connectivity index (χ2v) is 13.8. The van der Waals surface area contributed by atoms with Crippen LogP contribution in [0.25, 0.3) is 11.1 Å². The molecule has 22 heteroatoms. The molecule has 2 aromatic carbocycles. The molecule has 4 rings (SSSR count). The van der Waals surface area contributed by atoms with Gasteiger partial charge >= 0.3 is 29.7 Å². The van der Waals surface area contributed by atoms with Gasteiger partial charge in [0.05, 0.1) is 29.7 Å². The number of benzene rings is 2. The minimum absolute atomic E-state index is 0.00254. The number of carbonyl (C=O) groups excluding carboxylic acids is 2. The lowest BCUT2D eigenvalue weighted by molar-refractivity contribution is -0.195. The number of aromatic amines is 2. The van der Waals surface area contributed by atoms with Crippen molar-refractivity contribution >= 4 is 54.5 Å². The lowest BCUT2D eigenvalue weighted by Gasteiger charge is -2.23.